The molecule has 5 heteroatoms. The average molecular weight is 312 g/mol. The molecule has 23 heavy (non-hydrogen) atoms. The maximum Gasteiger partial charge on any atom is 0.279 e. The SMILES string of the molecule is CC(Oc1ccc2ccccc2c1)C(=O)NNC(=O)C1CCC1. The fourth-order valence-corrected chi connectivity index (χ4v) is 2.50. The van der Waals surface area contributed by atoms with Gasteiger partial charge in [-0.1, -0.05) is 36.8 Å². The van der Waals surface area contributed by atoms with Crippen LogP contribution in [0.3, 0.4) is 0 Å². The van der Waals surface area contributed by atoms with E-state index in [1.165, 1.54) is 0 Å². The summed E-state index contributed by atoms with van der Waals surface area (Å²) in [5.74, 6) is 0.164. The van der Waals surface area contributed by atoms with E-state index in [1.807, 2.05) is 42.5 Å². The molecule has 5 nitrogen and oxygen atoms in total. The van der Waals surface area contributed by atoms with Gasteiger partial charge >= 0.3 is 0 Å². The second-order valence-electron chi connectivity index (χ2n) is 5.88. The van der Waals surface area contributed by atoms with Crippen LogP contribution in [0, 0.1) is 5.92 Å². The van der Waals surface area contributed by atoms with Gasteiger partial charge in [-0.2, -0.15) is 0 Å². The molecule has 1 aliphatic carbocycles. The van der Waals surface area contributed by atoms with E-state index in [9.17, 15) is 9.59 Å². The zero-order valence-electron chi connectivity index (χ0n) is 13.0. The molecule has 2 N–H and O–H groups in total. The molecule has 1 unspecified atom stereocenters. The molecular weight excluding hydrogens is 292 g/mol. The quantitative estimate of drug-likeness (QED) is 0.853. The van der Waals surface area contributed by atoms with Crippen molar-refractivity contribution in [2.75, 3.05) is 0 Å². The molecule has 2 aromatic rings. The molecule has 3 rings (SSSR count). The van der Waals surface area contributed by atoms with Crippen molar-refractivity contribution >= 4 is 22.6 Å². The summed E-state index contributed by atoms with van der Waals surface area (Å²) in [5.41, 5.74) is 4.89. The lowest BCUT2D eigenvalue weighted by Gasteiger charge is -2.24. The molecule has 1 fully saturated rings. The van der Waals surface area contributed by atoms with Crippen LogP contribution < -0.4 is 15.6 Å². The van der Waals surface area contributed by atoms with Crippen LogP contribution in [0.25, 0.3) is 10.8 Å². The van der Waals surface area contributed by atoms with Gasteiger partial charge in [0.2, 0.25) is 5.91 Å². The van der Waals surface area contributed by atoms with Gasteiger partial charge in [-0.05, 0) is 42.7 Å². The van der Waals surface area contributed by atoms with Crippen molar-refractivity contribution in [3.8, 4) is 5.75 Å². The van der Waals surface area contributed by atoms with Crippen LogP contribution in [0.15, 0.2) is 42.5 Å². The second kappa shape index (κ2) is 6.69. The summed E-state index contributed by atoms with van der Waals surface area (Å²) < 4.78 is 5.65. The summed E-state index contributed by atoms with van der Waals surface area (Å²) in [4.78, 5) is 23.7. The first-order chi connectivity index (χ1) is 11.1. The number of fused-ring (bicyclic) bond motifs is 1. The number of benzene rings is 2. The predicted molar refractivity (Wildman–Crippen MR) is 87.7 cm³/mol. The Bertz CT molecular complexity index is 725. The molecule has 0 aliphatic heterocycles. The molecular formula is C18H20N2O3. The molecule has 0 bridgehead atoms. The first-order valence-corrected chi connectivity index (χ1v) is 7.88. The molecule has 0 aromatic heterocycles. The number of carbonyl (C=O) groups is 2. The standard InChI is InChI=1S/C18H20N2O3/c1-12(17(21)19-20-18(22)14-7-4-8-14)23-16-10-9-13-5-2-3-6-15(13)11-16/h2-3,5-6,9-12,14H,4,7-8H2,1H3,(H,19,21)(H,20,22). The summed E-state index contributed by atoms with van der Waals surface area (Å²) in [7, 11) is 0. The predicted octanol–water partition coefficient (Wildman–Crippen LogP) is 2.55. The molecule has 1 atom stereocenters. The van der Waals surface area contributed by atoms with Crippen molar-refractivity contribution in [2.24, 2.45) is 5.92 Å². The molecule has 1 saturated carbocycles. The highest BCUT2D eigenvalue weighted by Crippen LogP contribution is 2.26. The minimum Gasteiger partial charge on any atom is -0.481 e. The topological polar surface area (TPSA) is 67.4 Å². The van der Waals surface area contributed by atoms with Gasteiger partial charge in [0.15, 0.2) is 6.10 Å². The molecule has 120 valence electrons. The van der Waals surface area contributed by atoms with Crippen molar-refractivity contribution in [2.45, 2.75) is 32.3 Å². The van der Waals surface area contributed by atoms with Gasteiger partial charge in [0, 0.05) is 5.92 Å². The lowest BCUT2D eigenvalue weighted by Crippen LogP contribution is -2.49. The molecule has 0 saturated heterocycles. The molecule has 0 radical (unpaired) electrons. The Kier molecular flexibility index (Phi) is 4.46. The number of nitrogens with one attached hydrogen (secondary N) is 2. The van der Waals surface area contributed by atoms with Gasteiger partial charge in [-0.25, -0.2) is 0 Å². The third-order valence-corrected chi connectivity index (χ3v) is 4.19. The summed E-state index contributed by atoms with van der Waals surface area (Å²) in [6.45, 7) is 1.65. The Hall–Kier alpha value is -2.56. The highest BCUT2D eigenvalue weighted by atomic mass is 16.5. The second-order valence-corrected chi connectivity index (χ2v) is 5.88. The lowest BCUT2D eigenvalue weighted by atomic mass is 9.85. The van der Waals surface area contributed by atoms with E-state index in [0.29, 0.717) is 5.75 Å². The van der Waals surface area contributed by atoms with Crippen molar-refractivity contribution < 1.29 is 14.3 Å². The normalized spacial score (nSPS) is 15.5. The van der Waals surface area contributed by atoms with Crippen LogP contribution in [-0.4, -0.2) is 17.9 Å². The van der Waals surface area contributed by atoms with Gasteiger partial charge in [-0.15, -0.1) is 0 Å². The first-order valence-electron chi connectivity index (χ1n) is 7.88. The van der Waals surface area contributed by atoms with Crippen LogP contribution in [-0.2, 0) is 9.59 Å². The third-order valence-electron chi connectivity index (χ3n) is 4.19. The highest BCUT2D eigenvalue weighted by molar-refractivity contribution is 5.86. The first kappa shape index (κ1) is 15.3. The van der Waals surface area contributed by atoms with Gasteiger partial charge in [0.25, 0.3) is 5.91 Å². The number of hydrogen-bond donors (Lipinski definition) is 2. The van der Waals surface area contributed by atoms with Crippen LogP contribution in [0.5, 0.6) is 5.75 Å². The van der Waals surface area contributed by atoms with E-state index in [4.69, 9.17) is 4.74 Å². The van der Waals surface area contributed by atoms with E-state index in [0.717, 1.165) is 30.0 Å². The Labute approximate surface area is 135 Å². The number of hydrazine groups is 1. The minimum atomic E-state index is -0.696. The van der Waals surface area contributed by atoms with E-state index in [1.54, 1.807) is 6.92 Å². The Balaban J connectivity index is 1.55. The van der Waals surface area contributed by atoms with Crippen LogP contribution in [0.1, 0.15) is 26.2 Å². The Morgan fingerprint density at radius 3 is 2.52 bits per heavy atom. The van der Waals surface area contributed by atoms with Crippen LogP contribution in [0.4, 0.5) is 0 Å². The number of ether oxygens (including phenoxy) is 1. The van der Waals surface area contributed by atoms with E-state index in [2.05, 4.69) is 10.9 Å². The zero-order chi connectivity index (χ0) is 16.2. The lowest BCUT2D eigenvalue weighted by molar-refractivity contribution is -0.135. The molecule has 0 heterocycles. The van der Waals surface area contributed by atoms with E-state index in [-0.39, 0.29) is 17.7 Å². The van der Waals surface area contributed by atoms with Gasteiger partial charge in [0.05, 0.1) is 0 Å². The molecule has 2 aromatic carbocycles. The van der Waals surface area contributed by atoms with Crippen molar-refractivity contribution in [1.29, 1.82) is 0 Å². The smallest absolute Gasteiger partial charge is 0.279 e. The fraction of sp³-hybridized carbons (Fsp3) is 0.333. The number of amides is 2. The maximum absolute atomic E-state index is 12.0. The minimum absolute atomic E-state index is 0.0343. The molecule has 0 spiro atoms. The molecule has 1 aliphatic rings. The maximum atomic E-state index is 12.0. The van der Waals surface area contributed by atoms with Crippen molar-refractivity contribution in [1.82, 2.24) is 10.9 Å². The fourth-order valence-electron chi connectivity index (χ4n) is 2.50. The van der Waals surface area contributed by atoms with Gasteiger partial charge in [-0.3, -0.25) is 20.4 Å². The largest absolute Gasteiger partial charge is 0.481 e. The highest BCUT2D eigenvalue weighted by Gasteiger charge is 2.26. The summed E-state index contributed by atoms with van der Waals surface area (Å²) in [5, 5.41) is 2.17. The van der Waals surface area contributed by atoms with E-state index < -0.39 is 6.10 Å². The number of hydrogen-bond acceptors (Lipinski definition) is 3. The van der Waals surface area contributed by atoms with Crippen LogP contribution in [0.2, 0.25) is 0 Å². The molecule has 2 amide bonds. The van der Waals surface area contributed by atoms with E-state index >= 15 is 0 Å². The summed E-state index contributed by atoms with van der Waals surface area (Å²) in [6, 6.07) is 13.6. The number of carbonyl (C=O) groups excluding carboxylic acids is 2. The van der Waals surface area contributed by atoms with Crippen LogP contribution >= 0.6 is 0 Å². The summed E-state index contributed by atoms with van der Waals surface area (Å²) >= 11 is 0. The summed E-state index contributed by atoms with van der Waals surface area (Å²) in [6.07, 6.45) is 2.17. The van der Waals surface area contributed by atoms with Gasteiger partial charge in [0.1, 0.15) is 5.75 Å². The Morgan fingerprint density at radius 1 is 1.09 bits per heavy atom. The Morgan fingerprint density at radius 2 is 1.83 bits per heavy atom. The number of rotatable bonds is 4. The van der Waals surface area contributed by atoms with Gasteiger partial charge < -0.3 is 4.74 Å². The van der Waals surface area contributed by atoms with Crippen molar-refractivity contribution in [3.05, 3.63) is 42.5 Å². The zero-order valence-corrected chi connectivity index (χ0v) is 13.0. The van der Waals surface area contributed by atoms with Crippen molar-refractivity contribution in [3.63, 3.8) is 0 Å². The monoisotopic (exact) mass is 312 g/mol. The average Bonchev–Trinajstić information content (AvgIpc) is 2.50. The third kappa shape index (κ3) is 3.62.